The van der Waals surface area contributed by atoms with E-state index in [0.29, 0.717) is 5.56 Å². The molecule has 2 aromatic rings. The Morgan fingerprint density at radius 1 is 1.33 bits per heavy atom. The minimum absolute atomic E-state index is 0.102. The van der Waals surface area contributed by atoms with Gasteiger partial charge in [-0.3, -0.25) is 0 Å². The number of nitrogens with zero attached hydrogens (tertiary/aromatic N) is 1. The van der Waals surface area contributed by atoms with Gasteiger partial charge in [-0.05, 0) is 17.7 Å². The van der Waals surface area contributed by atoms with E-state index in [1.807, 2.05) is 0 Å². The molecule has 0 unspecified atom stereocenters. The first-order chi connectivity index (χ1) is 7.00. The highest BCUT2D eigenvalue weighted by Gasteiger charge is 2.37. The molecule has 6 heteroatoms. The van der Waals surface area contributed by atoms with Crippen molar-refractivity contribution in [2.45, 2.75) is 12.7 Å². The predicted octanol–water partition coefficient (Wildman–Crippen LogP) is 2.31. The molecule has 80 valence electrons. The van der Waals surface area contributed by atoms with E-state index in [1.165, 1.54) is 12.1 Å². The Morgan fingerprint density at radius 3 is 2.67 bits per heavy atom. The van der Waals surface area contributed by atoms with E-state index in [4.69, 9.17) is 5.73 Å². The molecule has 0 amide bonds. The molecule has 0 aliphatic carbocycles. The largest absolute Gasteiger partial charge is 0.468 e. The third-order valence-electron chi connectivity index (χ3n) is 1.93. The Kier molecular flexibility index (Phi) is 2.15. The number of aromatic nitrogens is 1. The van der Waals surface area contributed by atoms with Gasteiger partial charge in [0.15, 0.2) is 5.58 Å². The van der Waals surface area contributed by atoms with Crippen molar-refractivity contribution in [3.63, 3.8) is 0 Å². The summed E-state index contributed by atoms with van der Waals surface area (Å²) in [6, 6.07) is 4.53. The summed E-state index contributed by atoms with van der Waals surface area (Å²) in [4.78, 5) is 3.33. The van der Waals surface area contributed by atoms with Crippen molar-refractivity contribution in [1.29, 1.82) is 0 Å². The fourth-order valence-electron chi connectivity index (χ4n) is 1.22. The number of oxazole rings is 1. The summed E-state index contributed by atoms with van der Waals surface area (Å²) in [5.74, 6) is -1.23. The third kappa shape index (κ3) is 1.80. The van der Waals surface area contributed by atoms with Crippen molar-refractivity contribution in [2.75, 3.05) is 0 Å². The monoisotopic (exact) mass is 216 g/mol. The van der Waals surface area contributed by atoms with Gasteiger partial charge >= 0.3 is 12.1 Å². The van der Waals surface area contributed by atoms with E-state index < -0.39 is 12.1 Å². The molecule has 1 aromatic heterocycles. The molecule has 15 heavy (non-hydrogen) atoms. The summed E-state index contributed by atoms with van der Waals surface area (Å²) in [5, 5.41) is 0. The smallest absolute Gasteiger partial charge is 0.433 e. The standard InChI is InChI=1S/C9H7F3N2O/c10-9(11,12)8-14-6-2-1-5(4-13)3-7(6)15-8/h1-3H,4,13H2. The lowest BCUT2D eigenvalue weighted by molar-refractivity contribution is -0.156. The molecule has 3 nitrogen and oxygen atoms in total. The number of hydrogen-bond donors (Lipinski definition) is 1. The van der Waals surface area contributed by atoms with Crippen LogP contribution >= 0.6 is 0 Å². The molecular formula is C9H7F3N2O. The molecule has 2 N–H and O–H groups in total. The average Bonchev–Trinajstić information content (AvgIpc) is 2.59. The van der Waals surface area contributed by atoms with E-state index in [2.05, 4.69) is 9.40 Å². The van der Waals surface area contributed by atoms with Crippen LogP contribution in [-0.2, 0) is 12.7 Å². The Balaban J connectivity index is 2.56. The van der Waals surface area contributed by atoms with Crippen LogP contribution in [0.2, 0.25) is 0 Å². The molecule has 0 aliphatic rings. The maximum absolute atomic E-state index is 12.2. The Bertz CT molecular complexity index is 490. The molecule has 2 rings (SSSR count). The zero-order chi connectivity index (χ0) is 11.1. The summed E-state index contributed by atoms with van der Waals surface area (Å²) in [5.41, 5.74) is 6.33. The minimum atomic E-state index is -4.55. The molecule has 0 atom stereocenters. The Morgan fingerprint density at radius 2 is 2.07 bits per heavy atom. The van der Waals surface area contributed by atoms with Crippen molar-refractivity contribution in [1.82, 2.24) is 4.98 Å². The minimum Gasteiger partial charge on any atom is -0.433 e. The van der Waals surface area contributed by atoms with Gasteiger partial charge in [-0.2, -0.15) is 13.2 Å². The molecule has 0 aliphatic heterocycles. The van der Waals surface area contributed by atoms with E-state index in [9.17, 15) is 13.2 Å². The number of benzene rings is 1. The second kappa shape index (κ2) is 3.23. The van der Waals surface area contributed by atoms with Crippen LogP contribution in [0.4, 0.5) is 13.2 Å². The topological polar surface area (TPSA) is 52.0 Å². The van der Waals surface area contributed by atoms with Gasteiger partial charge in [0.05, 0.1) is 0 Å². The SMILES string of the molecule is NCc1ccc2nc(C(F)(F)F)oc2c1. The highest BCUT2D eigenvalue weighted by molar-refractivity contribution is 5.73. The lowest BCUT2D eigenvalue weighted by Crippen LogP contribution is -2.04. The molecular weight excluding hydrogens is 209 g/mol. The zero-order valence-corrected chi connectivity index (χ0v) is 7.51. The van der Waals surface area contributed by atoms with Crippen molar-refractivity contribution >= 4 is 11.1 Å². The maximum atomic E-state index is 12.2. The highest BCUT2D eigenvalue weighted by Crippen LogP contribution is 2.31. The Labute approximate surface area is 82.7 Å². The molecule has 0 fully saturated rings. The van der Waals surface area contributed by atoms with Crippen molar-refractivity contribution in [2.24, 2.45) is 5.73 Å². The van der Waals surface area contributed by atoms with Crippen molar-refractivity contribution in [3.8, 4) is 0 Å². The van der Waals surface area contributed by atoms with Gasteiger partial charge < -0.3 is 10.2 Å². The number of halogens is 3. The molecule has 0 saturated heterocycles. The molecule has 0 spiro atoms. The summed E-state index contributed by atoms with van der Waals surface area (Å²) in [7, 11) is 0. The quantitative estimate of drug-likeness (QED) is 0.795. The van der Waals surface area contributed by atoms with Gasteiger partial charge in [-0.15, -0.1) is 0 Å². The van der Waals surface area contributed by atoms with E-state index in [0.717, 1.165) is 0 Å². The van der Waals surface area contributed by atoms with Crippen molar-refractivity contribution < 1.29 is 17.6 Å². The number of hydrogen-bond acceptors (Lipinski definition) is 3. The normalized spacial score (nSPS) is 12.3. The van der Waals surface area contributed by atoms with E-state index in [1.54, 1.807) is 6.07 Å². The summed E-state index contributed by atoms with van der Waals surface area (Å²) < 4.78 is 41.3. The fourth-order valence-corrected chi connectivity index (χ4v) is 1.22. The van der Waals surface area contributed by atoms with Gasteiger partial charge in [-0.25, -0.2) is 4.98 Å². The van der Waals surface area contributed by atoms with E-state index in [-0.39, 0.29) is 17.6 Å². The second-order valence-electron chi connectivity index (χ2n) is 3.02. The Hall–Kier alpha value is -1.56. The van der Waals surface area contributed by atoms with Crippen LogP contribution in [0.5, 0.6) is 0 Å². The van der Waals surface area contributed by atoms with Crippen LogP contribution in [0, 0.1) is 0 Å². The van der Waals surface area contributed by atoms with Crippen LogP contribution in [-0.4, -0.2) is 4.98 Å². The van der Waals surface area contributed by atoms with Gasteiger partial charge in [0.2, 0.25) is 0 Å². The summed E-state index contributed by atoms with van der Waals surface area (Å²) in [6.45, 7) is 0.248. The van der Waals surface area contributed by atoms with Crippen LogP contribution in [0.15, 0.2) is 22.6 Å². The lowest BCUT2D eigenvalue weighted by atomic mass is 10.2. The first kappa shape index (κ1) is 9.97. The zero-order valence-electron chi connectivity index (χ0n) is 7.51. The first-order valence-electron chi connectivity index (χ1n) is 4.17. The van der Waals surface area contributed by atoms with Gasteiger partial charge in [0.1, 0.15) is 5.52 Å². The molecule has 1 aromatic carbocycles. The first-order valence-corrected chi connectivity index (χ1v) is 4.17. The van der Waals surface area contributed by atoms with Crippen molar-refractivity contribution in [3.05, 3.63) is 29.7 Å². The number of fused-ring (bicyclic) bond motifs is 1. The summed E-state index contributed by atoms with van der Waals surface area (Å²) in [6.07, 6.45) is -4.55. The van der Waals surface area contributed by atoms with Gasteiger partial charge in [0.25, 0.3) is 0 Å². The third-order valence-corrected chi connectivity index (χ3v) is 1.93. The van der Waals surface area contributed by atoms with E-state index >= 15 is 0 Å². The van der Waals surface area contributed by atoms with Gasteiger partial charge in [-0.1, -0.05) is 6.07 Å². The van der Waals surface area contributed by atoms with Gasteiger partial charge in [0, 0.05) is 6.54 Å². The van der Waals surface area contributed by atoms with Crippen LogP contribution < -0.4 is 5.73 Å². The molecule has 1 heterocycles. The summed E-state index contributed by atoms with van der Waals surface area (Å²) >= 11 is 0. The number of nitrogens with two attached hydrogens (primary N) is 1. The predicted molar refractivity (Wildman–Crippen MR) is 46.9 cm³/mol. The highest BCUT2D eigenvalue weighted by atomic mass is 19.4. The fraction of sp³-hybridized carbons (Fsp3) is 0.222. The maximum Gasteiger partial charge on any atom is 0.468 e. The number of alkyl halides is 3. The lowest BCUT2D eigenvalue weighted by Gasteiger charge is -1.97. The van der Waals surface area contributed by atoms with Crippen LogP contribution in [0.3, 0.4) is 0 Å². The average molecular weight is 216 g/mol. The molecule has 0 bridgehead atoms. The molecule has 0 radical (unpaired) electrons. The second-order valence-corrected chi connectivity index (χ2v) is 3.02. The van der Waals surface area contributed by atoms with Crippen LogP contribution in [0.25, 0.3) is 11.1 Å². The number of rotatable bonds is 1. The van der Waals surface area contributed by atoms with Crippen LogP contribution in [0.1, 0.15) is 11.5 Å². The molecule has 0 saturated carbocycles.